The number of ether oxygens (including phenoxy) is 2. The predicted molar refractivity (Wildman–Crippen MR) is 123 cm³/mol. The van der Waals surface area contributed by atoms with Crippen molar-refractivity contribution in [3.05, 3.63) is 45.6 Å². The average molecular weight is 495 g/mol. The molecule has 0 spiro atoms. The molecule has 33 heavy (non-hydrogen) atoms. The van der Waals surface area contributed by atoms with E-state index in [0.717, 1.165) is 4.88 Å². The number of rotatable bonds is 9. The number of nitrogens with one attached hydrogen (secondary N) is 1. The third kappa shape index (κ3) is 6.70. The number of esters is 1. The maximum Gasteiger partial charge on any atom is 0.306 e. The molecular formula is C22H26N2O7S2. The van der Waals surface area contributed by atoms with Crippen LogP contribution < -0.4 is 5.32 Å². The summed E-state index contributed by atoms with van der Waals surface area (Å²) in [6.45, 7) is 4.23. The van der Waals surface area contributed by atoms with Gasteiger partial charge in [0.1, 0.15) is 0 Å². The van der Waals surface area contributed by atoms with Gasteiger partial charge in [-0.25, -0.2) is 8.42 Å². The molecule has 2 aromatic rings. The largest absolute Gasteiger partial charge is 0.456 e. The van der Waals surface area contributed by atoms with Gasteiger partial charge < -0.3 is 14.8 Å². The standard InChI is InChI=1S/C22H26N2O7S2/c1-15-3-5-17(13-20(15)33(28,29)24-9-11-30-12-10-24)23-21(26)14-31-22(27)8-6-18(25)19-7-4-16(2)32-19/h3-5,7,13H,6,8-12,14H2,1-2H3,(H,23,26). The molecule has 9 nitrogen and oxygen atoms in total. The van der Waals surface area contributed by atoms with Crippen LogP contribution in [-0.2, 0) is 29.1 Å². The molecule has 178 valence electrons. The van der Waals surface area contributed by atoms with Crippen LogP contribution in [0.2, 0.25) is 0 Å². The van der Waals surface area contributed by atoms with E-state index in [9.17, 15) is 22.8 Å². The van der Waals surface area contributed by atoms with E-state index in [1.807, 2.05) is 13.0 Å². The van der Waals surface area contributed by atoms with Gasteiger partial charge in [-0.3, -0.25) is 14.4 Å². The zero-order valence-corrected chi connectivity index (χ0v) is 20.1. The summed E-state index contributed by atoms with van der Waals surface area (Å²) in [4.78, 5) is 37.8. The van der Waals surface area contributed by atoms with Crippen LogP contribution in [0, 0.1) is 13.8 Å². The second-order valence-electron chi connectivity index (χ2n) is 7.54. The number of aryl methyl sites for hydroxylation is 2. The van der Waals surface area contributed by atoms with Crippen molar-refractivity contribution >= 4 is 44.7 Å². The summed E-state index contributed by atoms with van der Waals surface area (Å²) in [5, 5.41) is 2.54. The van der Waals surface area contributed by atoms with Gasteiger partial charge in [0.25, 0.3) is 5.91 Å². The highest BCUT2D eigenvalue weighted by atomic mass is 32.2. The Balaban J connectivity index is 1.52. The molecule has 1 fully saturated rings. The van der Waals surface area contributed by atoms with Gasteiger partial charge in [-0.2, -0.15) is 4.31 Å². The van der Waals surface area contributed by atoms with Crippen LogP contribution in [-0.4, -0.2) is 63.3 Å². The Labute approximate surface area is 196 Å². The van der Waals surface area contributed by atoms with Crippen molar-refractivity contribution in [3.63, 3.8) is 0 Å². The van der Waals surface area contributed by atoms with Gasteiger partial charge in [0.2, 0.25) is 10.0 Å². The molecule has 1 aliphatic rings. The number of Topliss-reactive ketones (excluding diaryl/α,β-unsaturated/α-hetero) is 1. The summed E-state index contributed by atoms with van der Waals surface area (Å²) < 4.78 is 37.4. The molecule has 0 radical (unpaired) electrons. The molecule has 0 unspecified atom stereocenters. The molecule has 1 aromatic carbocycles. The van der Waals surface area contributed by atoms with Crippen molar-refractivity contribution in [2.24, 2.45) is 0 Å². The lowest BCUT2D eigenvalue weighted by Gasteiger charge is -2.26. The van der Waals surface area contributed by atoms with E-state index < -0.39 is 28.5 Å². The lowest BCUT2D eigenvalue weighted by atomic mass is 10.2. The second kappa shape index (κ2) is 11.0. The molecule has 3 rings (SSSR count). The maximum absolute atomic E-state index is 13.0. The third-order valence-corrected chi connectivity index (χ3v) is 8.08. The van der Waals surface area contributed by atoms with Gasteiger partial charge in [-0.05, 0) is 43.7 Å². The van der Waals surface area contributed by atoms with E-state index >= 15 is 0 Å². The molecule has 1 N–H and O–H groups in total. The molecular weight excluding hydrogens is 468 g/mol. The van der Waals surface area contributed by atoms with Gasteiger partial charge in [0.15, 0.2) is 12.4 Å². The lowest BCUT2D eigenvalue weighted by Crippen LogP contribution is -2.40. The minimum Gasteiger partial charge on any atom is -0.456 e. The Morgan fingerprint density at radius 1 is 1.09 bits per heavy atom. The van der Waals surface area contributed by atoms with E-state index in [0.29, 0.717) is 23.7 Å². The van der Waals surface area contributed by atoms with E-state index in [1.165, 1.54) is 21.7 Å². The molecule has 2 heterocycles. The molecule has 1 aliphatic heterocycles. The number of carbonyl (C=O) groups is 3. The zero-order valence-electron chi connectivity index (χ0n) is 18.5. The predicted octanol–water partition coefficient (Wildman–Crippen LogP) is 2.53. The number of amides is 1. The number of ketones is 1. The quantitative estimate of drug-likeness (QED) is 0.420. The average Bonchev–Trinajstić information content (AvgIpc) is 3.24. The fraction of sp³-hybridized carbons (Fsp3) is 0.409. The number of anilines is 1. The number of benzene rings is 1. The van der Waals surface area contributed by atoms with Crippen molar-refractivity contribution in [1.82, 2.24) is 4.31 Å². The topological polar surface area (TPSA) is 119 Å². The van der Waals surface area contributed by atoms with E-state index in [-0.39, 0.29) is 42.3 Å². The maximum atomic E-state index is 13.0. The minimum atomic E-state index is -3.73. The number of morpholine rings is 1. The van der Waals surface area contributed by atoms with Crippen molar-refractivity contribution < 1.29 is 32.3 Å². The van der Waals surface area contributed by atoms with Crippen molar-refractivity contribution in [3.8, 4) is 0 Å². The first-order valence-corrected chi connectivity index (χ1v) is 12.7. The summed E-state index contributed by atoms with van der Waals surface area (Å²) in [5.74, 6) is -1.42. The van der Waals surface area contributed by atoms with E-state index in [1.54, 1.807) is 25.1 Å². The van der Waals surface area contributed by atoms with Crippen molar-refractivity contribution in [2.45, 2.75) is 31.6 Å². The molecule has 0 aliphatic carbocycles. The molecule has 0 atom stereocenters. The molecule has 1 saturated heterocycles. The number of nitrogens with zero attached hydrogens (tertiary/aromatic N) is 1. The molecule has 0 saturated carbocycles. The number of thiophene rings is 1. The van der Waals surface area contributed by atoms with E-state index in [4.69, 9.17) is 9.47 Å². The summed E-state index contributed by atoms with van der Waals surface area (Å²) in [5.41, 5.74) is 0.827. The summed E-state index contributed by atoms with van der Waals surface area (Å²) in [6, 6.07) is 8.13. The van der Waals surface area contributed by atoms with Gasteiger partial charge in [0, 0.05) is 30.1 Å². The minimum absolute atomic E-state index is 0.00112. The van der Waals surface area contributed by atoms with Gasteiger partial charge >= 0.3 is 5.97 Å². The zero-order chi connectivity index (χ0) is 24.0. The summed E-state index contributed by atoms with van der Waals surface area (Å²) >= 11 is 1.36. The molecule has 1 aromatic heterocycles. The monoisotopic (exact) mass is 494 g/mol. The van der Waals surface area contributed by atoms with Gasteiger partial charge in [-0.15, -0.1) is 11.3 Å². The first kappa shape index (κ1) is 25.0. The van der Waals surface area contributed by atoms with Crippen LogP contribution >= 0.6 is 11.3 Å². The number of carbonyl (C=O) groups excluding carboxylic acids is 3. The smallest absolute Gasteiger partial charge is 0.306 e. The number of sulfonamides is 1. The molecule has 0 bridgehead atoms. The Morgan fingerprint density at radius 2 is 1.82 bits per heavy atom. The second-order valence-corrected chi connectivity index (χ2v) is 10.7. The number of hydrogen-bond acceptors (Lipinski definition) is 8. The fourth-order valence-corrected chi connectivity index (χ4v) is 5.71. The first-order chi connectivity index (χ1) is 15.7. The van der Waals surface area contributed by atoms with Gasteiger partial charge in [0.05, 0.1) is 29.4 Å². The third-order valence-electron chi connectivity index (χ3n) is 5.00. The van der Waals surface area contributed by atoms with Crippen LogP contribution in [0.5, 0.6) is 0 Å². The Hall–Kier alpha value is -2.60. The SMILES string of the molecule is Cc1ccc(C(=O)CCC(=O)OCC(=O)Nc2ccc(C)c(S(=O)(=O)N3CCOCC3)c2)s1. The number of hydrogen-bond donors (Lipinski definition) is 1. The summed E-state index contributed by atoms with van der Waals surface area (Å²) in [7, 11) is -3.73. The molecule has 11 heteroatoms. The first-order valence-electron chi connectivity index (χ1n) is 10.4. The van der Waals surface area contributed by atoms with Crippen LogP contribution in [0.3, 0.4) is 0 Å². The summed E-state index contributed by atoms with van der Waals surface area (Å²) in [6.07, 6.45) is -0.128. The van der Waals surface area contributed by atoms with Crippen LogP contribution in [0.1, 0.15) is 33.0 Å². The Kier molecular flexibility index (Phi) is 8.35. The lowest BCUT2D eigenvalue weighted by molar-refractivity contribution is -0.147. The molecule has 1 amide bonds. The highest BCUT2D eigenvalue weighted by Gasteiger charge is 2.28. The van der Waals surface area contributed by atoms with Crippen LogP contribution in [0.25, 0.3) is 0 Å². The van der Waals surface area contributed by atoms with Crippen LogP contribution in [0.4, 0.5) is 5.69 Å². The van der Waals surface area contributed by atoms with Gasteiger partial charge in [-0.1, -0.05) is 6.07 Å². The van der Waals surface area contributed by atoms with E-state index in [2.05, 4.69) is 5.32 Å². The fourth-order valence-electron chi connectivity index (χ4n) is 3.22. The van der Waals surface area contributed by atoms with Crippen LogP contribution in [0.15, 0.2) is 35.2 Å². The van der Waals surface area contributed by atoms with Crippen molar-refractivity contribution in [1.29, 1.82) is 0 Å². The normalized spacial score (nSPS) is 14.6. The van der Waals surface area contributed by atoms with Crippen molar-refractivity contribution in [2.75, 3.05) is 38.2 Å². The highest BCUT2D eigenvalue weighted by molar-refractivity contribution is 7.89. The highest BCUT2D eigenvalue weighted by Crippen LogP contribution is 2.24. The Morgan fingerprint density at radius 3 is 2.48 bits per heavy atom. The Bertz CT molecular complexity index is 1140.